The van der Waals surface area contributed by atoms with Gasteiger partial charge in [0.05, 0.1) is 17.7 Å². The number of ether oxygens (including phenoxy) is 1. The Morgan fingerprint density at radius 2 is 1.55 bits per heavy atom. The number of sulfonamides is 1. The lowest BCUT2D eigenvalue weighted by Crippen LogP contribution is -2.17. The fraction of sp³-hybridized carbons (Fsp3) is 0.296. The van der Waals surface area contributed by atoms with Crippen molar-refractivity contribution in [2.45, 2.75) is 51.9 Å². The number of carbonyl (C=O) groups is 1. The number of anilines is 1. The average Bonchev–Trinajstić information content (AvgIpc) is 3.27. The third-order valence-corrected chi connectivity index (χ3v) is 8.35. The monoisotopic (exact) mass is 463 g/mol. The fourth-order valence-electron chi connectivity index (χ4n) is 4.82. The number of benzene rings is 3. The molecule has 0 amide bonds. The minimum atomic E-state index is -3.81. The molecule has 0 radical (unpaired) electrons. The molecular weight excluding hydrogens is 434 g/mol. The number of methoxy groups -OCH3 is 1. The summed E-state index contributed by atoms with van der Waals surface area (Å²) in [5, 5.41) is 1.70. The second kappa shape index (κ2) is 8.67. The molecule has 0 spiro atoms. The van der Waals surface area contributed by atoms with Crippen LogP contribution in [0.3, 0.4) is 0 Å². The van der Waals surface area contributed by atoms with Crippen molar-refractivity contribution in [3.8, 4) is 0 Å². The molecule has 0 fully saturated rings. The first-order chi connectivity index (χ1) is 15.7. The summed E-state index contributed by atoms with van der Waals surface area (Å²) in [4.78, 5) is 12.6. The van der Waals surface area contributed by atoms with Crippen molar-refractivity contribution in [3.63, 3.8) is 0 Å². The van der Waals surface area contributed by atoms with E-state index in [2.05, 4.69) is 4.72 Å². The zero-order valence-corrected chi connectivity index (χ0v) is 20.5. The van der Waals surface area contributed by atoms with Crippen LogP contribution in [0, 0.1) is 27.7 Å². The van der Waals surface area contributed by atoms with Crippen LogP contribution in [-0.2, 0) is 19.6 Å². The average molecular weight is 464 g/mol. The summed E-state index contributed by atoms with van der Waals surface area (Å²) in [6, 6.07) is 13.4. The van der Waals surface area contributed by atoms with Gasteiger partial charge < -0.3 is 4.74 Å². The van der Waals surface area contributed by atoms with Crippen LogP contribution in [0.1, 0.15) is 47.1 Å². The number of allylic oxidation sites excluding steroid dienone is 1. The summed E-state index contributed by atoms with van der Waals surface area (Å²) in [5.41, 5.74) is 6.56. The molecule has 33 heavy (non-hydrogen) atoms. The van der Waals surface area contributed by atoms with Gasteiger partial charge in [-0.3, -0.25) is 4.72 Å². The highest BCUT2D eigenvalue weighted by Crippen LogP contribution is 2.40. The van der Waals surface area contributed by atoms with Crippen LogP contribution in [-0.4, -0.2) is 21.5 Å². The lowest BCUT2D eigenvalue weighted by atomic mass is 9.95. The highest BCUT2D eigenvalue weighted by molar-refractivity contribution is 7.92. The third-order valence-electron chi connectivity index (χ3n) is 6.71. The van der Waals surface area contributed by atoms with Gasteiger partial charge in [-0.1, -0.05) is 36.4 Å². The zero-order valence-electron chi connectivity index (χ0n) is 19.7. The molecule has 5 nitrogen and oxygen atoms in total. The molecule has 1 aliphatic rings. The predicted molar refractivity (Wildman–Crippen MR) is 133 cm³/mol. The maximum absolute atomic E-state index is 13.5. The number of nitrogens with one attached hydrogen (secondary N) is 1. The first-order valence-corrected chi connectivity index (χ1v) is 12.6. The Morgan fingerprint density at radius 1 is 0.909 bits per heavy atom. The molecule has 1 aliphatic carbocycles. The van der Waals surface area contributed by atoms with Gasteiger partial charge in [-0.05, 0) is 91.8 Å². The molecule has 4 rings (SSSR count). The van der Waals surface area contributed by atoms with Crippen molar-refractivity contribution in [2.75, 3.05) is 11.8 Å². The highest BCUT2D eigenvalue weighted by atomic mass is 32.2. The molecule has 1 N–H and O–H groups in total. The van der Waals surface area contributed by atoms with Gasteiger partial charge in [-0.2, -0.15) is 0 Å². The minimum absolute atomic E-state index is 0.294. The smallest absolute Gasteiger partial charge is 0.334 e. The molecule has 0 saturated carbocycles. The summed E-state index contributed by atoms with van der Waals surface area (Å²) < 4.78 is 34.9. The Balaban J connectivity index is 1.86. The lowest BCUT2D eigenvalue weighted by Gasteiger charge is -2.18. The van der Waals surface area contributed by atoms with Crippen LogP contribution in [0.15, 0.2) is 52.9 Å². The number of esters is 1. The van der Waals surface area contributed by atoms with Crippen LogP contribution < -0.4 is 4.72 Å². The topological polar surface area (TPSA) is 72.5 Å². The second-order valence-corrected chi connectivity index (χ2v) is 10.3. The Bertz CT molecular complexity index is 1390. The second-order valence-electron chi connectivity index (χ2n) is 8.70. The van der Waals surface area contributed by atoms with E-state index in [-0.39, 0.29) is 5.97 Å². The number of hydrogen-bond donors (Lipinski definition) is 1. The van der Waals surface area contributed by atoms with E-state index < -0.39 is 10.0 Å². The predicted octanol–water partition coefficient (Wildman–Crippen LogP) is 5.98. The van der Waals surface area contributed by atoms with E-state index in [0.29, 0.717) is 22.6 Å². The van der Waals surface area contributed by atoms with Crippen LogP contribution in [0.4, 0.5) is 5.69 Å². The van der Waals surface area contributed by atoms with E-state index in [0.717, 1.165) is 57.0 Å². The molecule has 0 bridgehead atoms. The van der Waals surface area contributed by atoms with E-state index in [4.69, 9.17) is 4.74 Å². The van der Waals surface area contributed by atoms with E-state index in [1.807, 2.05) is 64.1 Å². The first kappa shape index (κ1) is 23.1. The number of aryl methyl sites for hydroxylation is 2. The van der Waals surface area contributed by atoms with E-state index in [1.165, 1.54) is 7.11 Å². The van der Waals surface area contributed by atoms with Crippen molar-refractivity contribution in [3.05, 3.63) is 75.9 Å². The van der Waals surface area contributed by atoms with Gasteiger partial charge in [-0.25, -0.2) is 13.2 Å². The summed E-state index contributed by atoms with van der Waals surface area (Å²) in [7, 11) is -2.41. The van der Waals surface area contributed by atoms with Gasteiger partial charge in [0.25, 0.3) is 10.0 Å². The molecule has 0 atom stereocenters. The molecule has 6 heteroatoms. The molecular formula is C27H29NO4S. The fourth-order valence-corrected chi connectivity index (χ4v) is 6.52. The summed E-state index contributed by atoms with van der Waals surface area (Å²) in [5.74, 6) is -0.294. The van der Waals surface area contributed by atoms with Gasteiger partial charge in [-0.15, -0.1) is 0 Å². The van der Waals surface area contributed by atoms with E-state index in [9.17, 15) is 13.2 Å². The van der Waals surface area contributed by atoms with Crippen LogP contribution in [0.25, 0.3) is 16.3 Å². The van der Waals surface area contributed by atoms with Gasteiger partial charge >= 0.3 is 5.97 Å². The van der Waals surface area contributed by atoms with Gasteiger partial charge in [0.2, 0.25) is 0 Å². The highest BCUT2D eigenvalue weighted by Gasteiger charge is 2.26. The Kier molecular flexibility index (Phi) is 6.06. The standard InChI is InChI=1S/C27H29NO4S/c1-16-15-17(2)19(4)26(18(16)3)33(30,31)28-25-14-13-22(20-9-6-7-10-23(20)25)21-11-8-12-24(21)27(29)32-5/h6-7,9-10,13-15,28H,8,11-12H2,1-5H3. The van der Waals surface area contributed by atoms with Gasteiger partial charge in [0, 0.05) is 11.0 Å². The van der Waals surface area contributed by atoms with Crippen molar-refractivity contribution in [1.29, 1.82) is 0 Å². The largest absolute Gasteiger partial charge is 0.466 e. The molecule has 3 aromatic rings. The maximum Gasteiger partial charge on any atom is 0.334 e. The van der Waals surface area contributed by atoms with Crippen molar-refractivity contribution in [2.24, 2.45) is 0 Å². The van der Waals surface area contributed by atoms with Crippen LogP contribution in [0.5, 0.6) is 0 Å². The Labute approximate surface area is 195 Å². The Hall–Kier alpha value is -3.12. The summed E-state index contributed by atoms with van der Waals surface area (Å²) >= 11 is 0. The molecule has 0 unspecified atom stereocenters. The van der Waals surface area contributed by atoms with Crippen LogP contribution >= 0.6 is 0 Å². The van der Waals surface area contributed by atoms with Crippen molar-refractivity contribution < 1.29 is 17.9 Å². The number of carbonyl (C=O) groups excluding carboxylic acids is 1. The molecule has 0 aromatic heterocycles. The van der Waals surface area contributed by atoms with E-state index in [1.54, 1.807) is 6.07 Å². The molecule has 3 aromatic carbocycles. The van der Waals surface area contributed by atoms with Gasteiger partial charge in [0.1, 0.15) is 0 Å². The number of rotatable bonds is 5. The molecule has 0 heterocycles. The quantitative estimate of drug-likeness (QED) is 0.472. The van der Waals surface area contributed by atoms with Gasteiger partial charge in [0.15, 0.2) is 0 Å². The lowest BCUT2D eigenvalue weighted by molar-refractivity contribution is -0.136. The zero-order chi connectivity index (χ0) is 23.9. The molecule has 0 saturated heterocycles. The minimum Gasteiger partial charge on any atom is -0.466 e. The normalized spacial score (nSPS) is 14.1. The summed E-state index contributed by atoms with van der Waals surface area (Å²) in [6.07, 6.45) is 2.38. The number of fused-ring (bicyclic) bond motifs is 1. The first-order valence-electron chi connectivity index (χ1n) is 11.1. The molecule has 0 aliphatic heterocycles. The SMILES string of the molecule is COC(=O)C1=C(c2ccc(NS(=O)(=O)c3c(C)c(C)cc(C)c3C)c3ccccc23)CCC1. The maximum atomic E-state index is 13.5. The van der Waals surface area contributed by atoms with Crippen molar-refractivity contribution in [1.82, 2.24) is 0 Å². The van der Waals surface area contributed by atoms with Crippen molar-refractivity contribution >= 4 is 38.0 Å². The van der Waals surface area contributed by atoms with E-state index >= 15 is 0 Å². The van der Waals surface area contributed by atoms with Crippen LogP contribution in [0.2, 0.25) is 0 Å². The summed E-state index contributed by atoms with van der Waals surface area (Å²) in [6.45, 7) is 7.55. The Morgan fingerprint density at radius 3 is 2.18 bits per heavy atom. The molecule has 172 valence electrons. The third kappa shape index (κ3) is 4.04. The number of hydrogen-bond acceptors (Lipinski definition) is 4.